The van der Waals surface area contributed by atoms with Crippen LogP contribution in [0.4, 0.5) is 0 Å². The van der Waals surface area contributed by atoms with E-state index in [1.165, 1.54) is 27.8 Å². The molecule has 0 N–H and O–H groups in total. The van der Waals surface area contributed by atoms with E-state index in [2.05, 4.69) is 77.1 Å². The number of benzene rings is 2. The minimum atomic E-state index is 0.222. The Hall–Kier alpha value is -1.56. The standard InChI is InChI=1S/C18H22/c1-13-7-6-8-17(14(13)2)15-9-11-16(12-10-15)18(3,4)5/h6-12H,1-5H3. The van der Waals surface area contributed by atoms with Crippen molar-refractivity contribution in [2.45, 2.75) is 40.0 Å². The topological polar surface area (TPSA) is 0 Å². The predicted octanol–water partition coefficient (Wildman–Crippen LogP) is 5.27. The van der Waals surface area contributed by atoms with Crippen molar-refractivity contribution in [3.05, 3.63) is 59.2 Å². The van der Waals surface area contributed by atoms with Crippen LogP contribution < -0.4 is 0 Å². The van der Waals surface area contributed by atoms with E-state index in [-0.39, 0.29) is 5.41 Å². The monoisotopic (exact) mass is 238 g/mol. The first-order valence-electron chi connectivity index (χ1n) is 6.57. The minimum absolute atomic E-state index is 0.222. The molecule has 0 unspecified atom stereocenters. The third kappa shape index (κ3) is 2.48. The van der Waals surface area contributed by atoms with Crippen LogP contribution in [0.15, 0.2) is 42.5 Å². The zero-order valence-corrected chi connectivity index (χ0v) is 12.0. The van der Waals surface area contributed by atoms with Crippen LogP contribution in [-0.2, 0) is 5.41 Å². The van der Waals surface area contributed by atoms with E-state index in [1.54, 1.807) is 0 Å². The molecule has 0 aliphatic carbocycles. The number of rotatable bonds is 1. The van der Waals surface area contributed by atoms with Gasteiger partial charge in [-0.3, -0.25) is 0 Å². The molecule has 0 amide bonds. The lowest BCUT2D eigenvalue weighted by atomic mass is 9.86. The molecule has 0 radical (unpaired) electrons. The Bertz CT molecular complexity index is 539. The van der Waals surface area contributed by atoms with Crippen LogP contribution >= 0.6 is 0 Å². The highest BCUT2D eigenvalue weighted by Crippen LogP contribution is 2.28. The van der Waals surface area contributed by atoms with Crippen LogP contribution in [0.5, 0.6) is 0 Å². The van der Waals surface area contributed by atoms with Gasteiger partial charge in [0.2, 0.25) is 0 Å². The van der Waals surface area contributed by atoms with Crippen molar-refractivity contribution < 1.29 is 0 Å². The first-order valence-corrected chi connectivity index (χ1v) is 6.57. The van der Waals surface area contributed by atoms with Gasteiger partial charge in [0.05, 0.1) is 0 Å². The summed E-state index contributed by atoms with van der Waals surface area (Å²) in [4.78, 5) is 0. The Morgan fingerprint density at radius 2 is 1.39 bits per heavy atom. The van der Waals surface area contributed by atoms with Gasteiger partial charge in [0.15, 0.2) is 0 Å². The molecule has 0 aromatic heterocycles. The van der Waals surface area contributed by atoms with Gasteiger partial charge in [0.1, 0.15) is 0 Å². The molecular weight excluding hydrogens is 216 g/mol. The molecule has 0 spiro atoms. The van der Waals surface area contributed by atoms with Gasteiger partial charge in [-0.25, -0.2) is 0 Å². The van der Waals surface area contributed by atoms with Crippen molar-refractivity contribution in [3.8, 4) is 11.1 Å². The van der Waals surface area contributed by atoms with Gasteiger partial charge in [-0.1, -0.05) is 63.2 Å². The lowest BCUT2D eigenvalue weighted by Crippen LogP contribution is -2.10. The zero-order valence-electron chi connectivity index (χ0n) is 12.0. The molecule has 0 heteroatoms. The van der Waals surface area contributed by atoms with Crippen LogP contribution in [-0.4, -0.2) is 0 Å². The highest BCUT2D eigenvalue weighted by Gasteiger charge is 2.13. The quantitative estimate of drug-likeness (QED) is 0.635. The highest BCUT2D eigenvalue weighted by molar-refractivity contribution is 5.68. The van der Waals surface area contributed by atoms with E-state index < -0.39 is 0 Å². The maximum atomic E-state index is 2.25. The van der Waals surface area contributed by atoms with Crippen LogP contribution in [0.25, 0.3) is 11.1 Å². The number of aryl methyl sites for hydroxylation is 1. The van der Waals surface area contributed by atoms with Gasteiger partial charge in [0, 0.05) is 0 Å². The van der Waals surface area contributed by atoms with Crippen molar-refractivity contribution in [3.63, 3.8) is 0 Å². The maximum absolute atomic E-state index is 2.25. The van der Waals surface area contributed by atoms with E-state index in [1.807, 2.05) is 0 Å². The van der Waals surface area contributed by atoms with E-state index in [0.717, 1.165) is 0 Å². The SMILES string of the molecule is Cc1cccc(-c2ccc(C(C)(C)C)cc2)c1C. The molecule has 0 heterocycles. The molecule has 2 aromatic carbocycles. The summed E-state index contributed by atoms with van der Waals surface area (Å²) in [6, 6.07) is 15.5. The van der Waals surface area contributed by atoms with Crippen LogP contribution in [0.3, 0.4) is 0 Å². The summed E-state index contributed by atoms with van der Waals surface area (Å²) in [6.07, 6.45) is 0. The van der Waals surface area contributed by atoms with Crippen molar-refractivity contribution in [2.75, 3.05) is 0 Å². The summed E-state index contributed by atoms with van der Waals surface area (Å²) in [6.45, 7) is 11.1. The van der Waals surface area contributed by atoms with Gasteiger partial charge in [-0.2, -0.15) is 0 Å². The molecule has 2 rings (SSSR count). The molecule has 0 bridgehead atoms. The average molecular weight is 238 g/mol. The highest BCUT2D eigenvalue weighted by atomic mass is 14.2. The summed E-state index contributed by atoms with van der Waals surface area (Å²) < 4.78 is 0. The number of hydrogen-bond acceptors (Lipinski definition) is 0. The molecule has 18 heavy (non-hydrogen) atoms. The molecular formula is C18H22. The Morgan fingerprint density at radius 1 is 0.778 bits per heavy atom. The molecule has 2 aromatic rings. The molecule has 0 nitrogen and oxygen atoms in total. The van der Waals surface area contributed by atoms with E-state index in [4.69, 9.17) is 0 Å². The van der Waals surface area contributed by atoms with E-state index in [9.17, 15) is 0 Å². The normalized spacial score (nSPS) is 11.6. The second-order valence-electron chi connectivity index (χ2n) is 6.07. The first kappa shape index (κ1) is 12.9. The molecule has 0 aliphatic rings. The van der Waals surface area contributed by atoms with Gasteiger partial charge in [-0.05, 0) is 47.1 Å². The maximum Gasteiger partial charge on any atom is -0.0132 e. The summed E-state index contributed by atoms with van der Waals surface area (Å²) in [5, 5.41) is 0. The molecule has 0 saturated heterocycles. The molecule has 0 atom stereocenters. The minimum Gasteiger partial charge on any atom is -0.0614 e. The van der Waals surface area contributed by atoms with Crippen molar-refractivity contribution in [1.82, 2.24) is 0 Å². The van der Waals surface area contributed by atoms with Gasteiger partial charge in [0.25, 0.3) is 0 Å². The van der Waals surface area contributed by atoms with Gasteiger partial charge < -0.3 is 0 Å². The predicted molar refractivity (Wildman–Crippen MR) is 80.1 cm³/mol. The summed E-state index contributed by atoms with van der Waals surface area (Å²) in [7, 11) is 0. The van der Waals surface area contributed by atoms with Crippen molar-refractivity contribution >= 4 is 0 Å². The third-order valence-corrected chi connectivity index (χ3v) is 3.67. The smallest absolute Gasteiger partial charge is 0.0132 e. The Labute approximate surface area is 111 Å². The Kier molecular flexibility index (Phi) is 3.30. The van der Waals surface area contributed by atoms with E-state index >= 15 is 0 Å². The van der Waals surface area contributed by atoms with Crippen LogP contribution in [0.2, 0.25) is 0 Å². The fourth-order valence-corrected chi connectivity index (χ4v) is 2.21. The molecule has 94 valence electrons. The van der Waals surface area contributed by atoms with Gasteiger partial charge in [-0.15, -0.1) is 0 Å². The third-order valence-electron chi connectivity index (χ3n) is 3.67. The van der Waals surface area contributed by atoms with E-state index in [0.29, 0.717) is 0 Å². The van der Waals surface area contributed by atoms with Crippen molar-refractivity contribution in [2.24, 2.45) is 0 Å². The second-order valence-corrected chi connectivity index (χ2v) is 6.07. The largest absolute Gasteiger partial charge is 0.0614 e. The summed E-state index contributed by atoms with van der Waals surface area (Å²) >= 11 is 0. The Balaban J connectivity index is 2.44. The lowest BCUT2D eigenvalue weighted by molar-refractivity contribution is 0.590. The van der Waals surface area contributed by atoms with Gasteiger partial charge >= 0.3 is 0 Å². The second kappa shape index (κ2) is 4.61. The fourth-order valence-electron chi connectivity index (χ4n) is 2.21. The average Bonchev–Trinajstić information content (AvgIpc) is 2.32. The van der Waals surface area contributed by atoms with Crippen LogP contribution in [0, 0.1) is 13.8 Å². The molecule has 0 saturated carbocycles. The molecule has 0 aliphatic heterocycles. The van der Waals surface area contributed by atoms with Crippen LogP contribution in [0.1, 0.15) is 37.5 Å². The van der Waals surface area contributed by atoms with Crippen molar-refractivity contribution in [1.29, 1.82) is 0 Å². The molecule has 0 fully saturated rings. The fraction of sp³-hybridized carbons (Fsp3) is 0.333. The number of hydrogen-bond donors (Lipinski definition) is 0. The summed E-state index contributed by atoms with van der Waals surface area (Å²) in [5.41, 5.74) is 6.99. The first-order chi connectivity index (χ1) is 8.39. The lowest BCUT2D eigenvalue weighted by Gasteiger charge is -2.19. The Morgan fingerprint density at radius 3 is 1.94 bits per heavy atom. The summed E-state index contributed by atoms with van der Waals surface area (Å²) in [5.74, 6) is 0. The zero-order chi connectivity index (χ0) is 13.3.